The lowest BCUT2D eigenvalue weighted by Gasteiger charge is -1.99. The van der Waals surface area contributed by atoms with Crippen molar-refractivity contribution >= 4 is 23.5 Å². The Hall–Kier alpha value is -2.75. The highest BCUT2D eigenvalue weighted by Gasteiger charge is 2.15. The molecule has 0 atom stereocenters. The van der Waals surface area contributed by atoms with E-state index in [1.54, 1.807) is 25.4 Å². The molecule has 3 aromatic heterocycles. The van der Waals surface area contributed by atoms with Gasteiger partial charge in [-0.2, -0.15) is 9.50 Å². The van der Waals surface area contributed by atoms with Crippen LogP contribution in [0.1, 0.15) is 23.2 Å². The highest BCUT2D eigenvalue weighted by molar-refractivity contribution is 7.98. The summed E-state index contributed by atoms with van der Waals surface area (Å²) in [5.74, 6) is -0.166. The summed E-state index contributed by atoms with van der Waals surface area (Å²) in [4.78, 5) is 40.1. The van der Waals surface area contributed by atoms with Gasteiger partial charge >= 0.3 is 5.97 Å². The number of nitrogens with one attached hydrogen (secondary N) is 1. The zero-order chi connectivity index (χ0) is 16.2. The van der Waals surface area contributed by atoms with E-state index in [1.807, 2.05) is 0 Å². The smallest absolute Gasteiger partial charge is 0.375 e. The normalized spacial score (nSPS) is 10.8. The van der Waals surface area contributed by atoms with Crippen LogP contribution in [0.15, 0.2) is 34.5 Å². The van der Waals surface area contributed by atoms with Crippen LogP contribution in [-0.2, 0) is 10.5 Å². The summed E-state index contributed by atoms with van der Waals surface area (Å²) in [6.07, 6.45) is 3.28. The standard InChI is InChI=1S/C13H12N6O3S/c1-2-22-11(21)10-17-12-16-8(6-9(20)19(12)18-10)7-23-13-14-4-3-5-15-13/h3-6H,2,7H2,1H3,(H,16,17,18). The maximum Gasteiger partial charge on any atom is 0.375 e. The first-order chi connectivity index (χ1) is 11.2. The molecule has 0 amide bonds. The minimum atomic E-state index is -0.633. The van der Waals surface area contributed by atoms with Crippen molar-refractivity contribution in [3.8, 4) is 0 Å². The zero-order valence-electron chi connectivity index (χ0n) is 12.1. The van der Waals surface area contributed by atoms with Crippen LogP contribution < -0.4 is 5.56 Å². The van der Waals surface area contributed by atoms with Crippen LogP contribution in [0.2, 0.25) is 0 Å². The topological polar surface area (TPSA) is 115 Å². The Labute approximate surface area is 134 Å². The number of aromatic amines is 1. The number of ether oxygens (including phenoxy) is 1. The van der Waals surface area contributed by atoms with Crippen LogP contribution in [0, 0.1) is 0 Å². The van der Waals surface area contributed by atoms with Crippen LogP contribution in [0.4, 0.5) is 0 Å². The fourth-order valence-corrected chi connectivity index (χ4v) is 2.49. The van der Waals surface area contributed by atoms with Gasteiger partial charge in [0, 0.05) is 24.2 Å². The molecule has 3 heterocycles. The SMILES string of the molecule is CCOC(=O)c1nc2nc(CSc3ncccn3)cc(=O)n2[nH]1. The van der Waals surface area contributed by atoms with E-state index in [1.165, 1.54) is 17.8 Å². The molecule has 10 heteroatoms. The summed E-state index contributed by atoms with van der Waals surface area (Å²) >= 11 is 1.35. The van der Waals surface area contributed by atoms with Gasteiger partial charge in [0.15, 0.2) is 5.16 Å². The number of hydrogen-bond donors (Lipinski definition) is 1. The van der Waals surface area contributed by atoms with E-state index < -0.39 is 5.97 Å². The number of rotatable bonds is 5. The maximum absolute atomic E-state index is 12.1. The van der Waals surface area contributed by atoms with Crippen LogP contribution in [0.25, 0.3) is 5.78 Å². The number of carbonyl (C=O) groups excluding carboxylic acids is 1. The molecule has 0 unspecified atom stereocenters. The second kappa shape index (κ2) is 6.57. The molecule has 1 N–H and O–H groups in total. The van der Waals surface area contributed by atoms with E-state index in [0.717, 1.165) is 4.52 Å². The molecule has 3 aromatic rings. The van der Waals surface area contributed by atoms with Crippen LogP contribution >= 0.6 is 11.8 Å². The van der Waals surface area contributed by atoms with Crippen molar-refractivity contribution in [1.29, 1.82) is 0 Å². The highest BCUT2D eigenvalue weighted by atomic mass is 32.2. The molecule has 0 fully saturated rings. The average molecular weight is 332 g/mol. The number of H-pyrrole nitrogens is 1. The van der Waals surface area contributed by atoms with Gasteiger partial charge < -0.3 is 4.74 Å². The van der Waals surface area contributed by atoms with Gasteiger partial charge in [-0.3, -0.25) is 9.89 Å². The number of hydrogen-bond acceptors (Lipinski definition) is 8. The fraction of sp³-hybridized carbons (Fsp3) is 0.231. The first-order valence-electron chi connectivity index (χ1n) is 6.73. The molecule has 0 saturated carbocycles. The van der Waals surface area contributed by atoms with Crippen molar-refractivity contribution < 1.29 is 9.53 Å². The van der Waals surface area contributed by atoms with Gasteiger partial charge in [0.25, 0.3) is 11.3 Å². The summed E-state index contributed by atoms with van der Waals surface area (Å²) in [6.45, 7) is 1.91. The molecule has 0 radical (unpaired) electrons. The molecule has 0 saturated heterocycles. The molecule has 0 bridgehead atoms. The fourth-order valence-electron chi connectivity index (χ4n) is 1.79. The third-order valence-electron chi connectivity index (χ3n) is 2.74. The van der Waals surface area contributed by atoms with Crippen molar-refractivity contribution in [1.82, 2.24) is 29.5 Å². The first-order valence-corrected chi connectivity index (χ1v) is 7.71. The Morgan fingerprint density at radius 1 is 1.35 bits per heavy atom. The highest BCUT2D eigenvalue weighted by Crippen LogP contribution is 2.16. The van der Waals surface area contributed by atoms with Crippen molar-refractivity contribution in [3.63, 3.8) is 0 Å². The number of nitrogens with zero attached hydrogens (tertiary/aromatic N) is 5. The van der Waals surface area contributed by atoms with Gasteiger partial charge in [0.05, 0.1) is 12.3 Å². The molecule has 0 aliphatic carbocycles. The van der Waals surface area contributed by atoms with E-state index in [2.05, 4.69) is 25.0 Å². The summed E-state index contributed by atoms with van der Waals surface area (Å²) in [7, 11) is 0. The van der Waals surface area contributed by atoms with E-state index in [-0.39, 0.29) is 23.8 Å². The lowest BCUT2D eigenvalue weighted by molar-refractivity contribution is 0.0512. The second-order valence-corrected chi connectivity index (χ2v) is 5.28. The number of aromatic nitrogens is 6. The maximum atomic E-state index is 12.1. The lowest BCUT2D eigenvalue weighted by Crippen LogP contribution is -2.16. The van der Waals surface area contributed by atoms with Crippen molar-refractivity contribution in [2.45, 2.75) is 17.8 Å². The molecule has 0 aliphatic heterocycles. The van der Waals surface area contributed by atoms with Crippen molar-refractivity contribution in [2.75, 3.05) is 6.61 Å². The monoisotopic (exact) mass is 332 g/mol. The third-order valence-corrected chi connectivity index (χ3v) is 3.65. The molecule has 0 aromatic carbocycles. The van der Waals surface area contributed by atoms with Gasteiger partial charge in [0.1, 0.15) is 0 Å². The van der Waals surface area contributed by atoms with E-state index in [0.29, 0.717) is 16.6 Å². The summed E-state index contributed by atoms with van der Waals surface area (Å²) in [5, 5.41) is 3.16. The predicted molar refractivity (Wildman–Crippen MR) is 81.2 cm³/mol. The number of carbonyl (C=O) groups is 1. The predicted octanol–water partition coefficient (Wildman–Crippen LogP) is 0.677. The lowest BCUT2D eigenvalue weighted by atomic mass is 10.4. The van der Waals surface area contributed by atoms with Gasteiger partial charge in [-0.15, -0.1) is 0 Å². The van der Waals surface area contributed by atoms with E-state index >= 15 is 0 Å². The Kier molecular flexibility index (Phi) is 4.33. The first kappa shape index (κ1) is 15.2. The third kappa shape index (κ3) is 3.37. The number of fused-ring (bicyclic) bond motifs is 1. The largest absolute Gasteiger partial charge is 0.460 e. The number of esters is 1. The minimum Gasteiger partial charge on any atom is -0.460 e. The van der Waals surface area contributed by atoms with E-state index in [4.69, 9.17) is 4.74 Å². The van der Waals surface area contributed by atoms with Gasteiger partial charge in [-0.25, -0.2) is 19.7 Å². The Balaban J connectivity index is 1.85. The molecular weight excluding hydrogens is 320 g/mol. The second-order valence-electron chi connectivity index (χ2n) is 4.33. The molecule has 0 aliphatic rings. The van der Waals surface area contributed by atoms with Gasteiger partial charge in [0.2, 0.25) is 5.82 Å². The van der Waals surface area contributed by atoms with E-state index in [9.17, 15) is 9.59 Å². The molecule has 9 nitrogen and oxygen atoms in total. The van der Waals surface area contributed by atoms with Crippen LogP contribution in [-0.4, -0.2) is 42.1 Å². The van der Waals surface area contributed by atoms with Gasteiger partial charge in [-0.05, 0) is 13.0 Å². The molecule has 3 rings (SSSR count). The zero-order valence-corrected chi connectivity index (χ0v) is 12.9. The molecular formula is C13H12N6O3S. The Bertz CT molecular complexity index is 892. The quantitative estimate of drug-likeness (QED) is 0.412. The Morgan fingerprint density at radius 2 is 2.13 bits per heavy atom. The van der Waals surface area contributed by atoms with Crippen molar-refractivity contribution in [3.05, 3.63) is 46.4 Å². The van der Waals surface area contributed by atoms with Crippen molar-refractivity contribution in [2.24, 2.45) is 0 Å². The number of thioether (sulfide) groups is 1. The van der Waals surface area contributed by atoms with Crippen LogP contribution in [0.5, 0.6) is 0 Å². The minimum absolute atomic E-state index is 0.0624. The molecule has 23 heavy (non-hydrogen) atoms. The summed E-state index contributed by atoms with van der Waals surface area (Å²) in [5.41, 5.74) is 0.164. The Morgan fingerprint density at radius 3 is 2.87 bits per heavy atom. The molecule has 0 spiro atoms. The summed E-state index contributed by atoms with van der Waals surface area (Å²) < 4.78 is 5.93. The summed E-state index contributed by atoms with van der Waals surface area (Å²) in [6, 6.07) is 3.09. The van der Waals surface area contributed by atoms with Gasteiger partial charge in [-0.1, -0.05) is 11.8 Å². The van der Waals surface area contributed by atoms with Crippen LogP contribution in [0.3, 0.4) is 0 Å². The average Bonchev–Trinajstić information content (AvgIpc) is 2.99. The molecule has 118 valence electrons.